The number of hydrogen-bond acceptors (Lipinski definition) is 2. The Kier molecular flexibility index (Phi) is 4.92. The number of nitrogens with one attached hydrogen (secondary N) is 1. The highest BCUT2D eigenvalue weighted by molar-refractivity contribution is 5.78. The number of nitrogens with zero attached hydrogens (tertiary/aromatic N) is 1. The van der Waals surface area contributed by atoms with Gasteiger partial charge in [0.1, 0.15) is 5.82 Å². The van der Waals surface area contributed by atoms with E-state index in [0.29, 0.717) is 13.0 Å². The molecule has 0 aliphatic carbocycles. The van der Waals surface area contributed by atoms with Gasteiger partial charge in [0.2, 0.25) is 5.91 Å². The molecule has 0 fully saturated rings. The molecule has 1 amide bonds. The molecule has 1 rings (SSSR count). The topological polar surface area (TPSA) is 32.3 Å². The molecule has 0 aromatic heterocycles. The van der Waals surface area contributed by atoms with E-state index in [9.17, 15) is 9.18 Å². The highest BCUT2D eigenvalue weighted by atomic mass is 19.1. The van der Waals surface area contributed by atoms with E-state index in [1.807, 2.05) is 19.0 Å². The van der Waals surface area contributed by atoms with Gasteiger partial charge in [0.05, 0.1) is 6.42 Å². The van der Waals surface area contributed by atoms with Crippen molar-refractivity contribution in [1.29, 1.82) is 0 Å². The number of amides is 1. The Balaban J connectivity index is 2.31. The summed E-state index contributed by atoms with van der Waals surface area (Å²) in [5.41, 5.74) is 0.823. The van der Waals surface area contributed by atoms with E-state index in [4.69, 9.17) is 0 Å². The predicted molar refractivity (Wildman–Crippen MR) is 61.7 cm³/mol. The molecule has 88 valence electrons. The molecule has 0 saturated heterocycles. The molecule has 0 radical (unpaired) electrons. The summed E-state index contributed by atoms with van der Waals surface area (Å²) in [6.07, 6.45) is 0.299. The molecule has 0 bridgehead atoms. The average molecular weight is 224 g/mol. The van der Waals surface area contributed by atoms with Gasteiger partial charge in [0.15, 0.2) is 0 Å². The molecule has 0 saturated carbocycles. The van der Waals surface area contributed by atoms with Crippen LogP contribution in [0.2, 0.25) is 0 Å². The lowest BCUT2D eigenvalue weighted by Gasteiger charge is -2.10. The van der Waals surface area contributed by atoms with Crippen molar-refractivity contribution < 1.29 is 9.18 Å². The summed E-state index contributed by atoms with van der Waals surface area (Å²) in [6, 6.07) is 5.98. The van der Waals surface area contributed by atoms with Crippen molar-refractivity contribution in [2.75, 3.05) is 27.2 Å². The number of hydrogen-bond donors (Lipinski definition) is 1. The van der Waals surface area contributed by atoms with Crippen molar-refractivity contribution >= 4 is 5.91 Å². The van der Waals surface area contributed by atoms with E-state index in [-0.39, 0.29) is 11.7 Å². The molecule has 0 aliphatic rings. The van der Waals surface area contributed by atoms with Crippen LogP contribution in [0.5, 0.6) is 0 Å². The number of benzene rings is 1. The Morgan fingerprint density at radius 1 is 1.31 bits per heavy atom. The maximum atomic E-state index is 12.6. The molecule has 0 aliphatic heterocycles. The highest BCUT2D eigenvalue weighted by Crippen LogP contribution is 2.03. The lowest BCUT2D eigenvalue weighted by Crippen LogP contribution is -2.32. The molecule has 0 unspecified atom stereocenters. The van der Waals surface area contributed by atoms with Crippen molar-refractivity contribution in [3.05, 3.63) is 35.6 Å². The van der Waals surface area contributed by atoms with E-state index in [1.165, 1.54) is 12.1 Å². The zero-order chi connectivity index (χ0) is 12.0. The minimum atomic E-state index is -0.281. The fourth-order valence-corrected chi connectivity index (χ4v) is 1.27. The van der Waals surface area contributed by atoms with Gasteiger partial charge in [-0.2, -0.15) is 0 Å². The molecule has 0 heterocycles. The molecule has 1 aromatic rings. The van der Waals surface area contributed by atoms with Crippen LogP contribution in [0.15, 0.2) is 24.3 Å². The fraction of sp³-hybridized carbons (Fsp3) is 0.417. The first kappa shape index (κ1) is 12.6. The minimum Gasteiger partial charge on any atom is -0.355 e. The van der Waals surface area contributed by atoms with Crippen LogP contribution in [-0.4, -0.2) is 38.0 Å². The van der Waals surface area contributed by atoms with Gasteiger partial charge < -0.3 is 10.2 Å². The molecule has 1 aromatic carbocycles. The third-order valence-corrected chi connectivity index (χ3v) is 2.16. The normalized spacial score (nSPS) is 10.5. The monoisotopic (exact) mass is 224 g/mol. The van der Waals surface area contributed by atoms with E-state index >= 15 is 0 Å². The summed E-state index contributed by atoms with van der Waals surface area (Å²) < 4.78 is 12.6. The summed E-state index contributed by atoms with van der Waals surface area (Å²) in [4.78, 5) is 13.5. The Bertz CT molecular complexity index is 335. The Hall–Kier alpha value is -1.42. The minimum absolute atomic E-state index is 0.0338. The van der Waals surface area contributed by atoms with Crippen molar-refractivity contribution in [1.82, 2.24) is 10.2 Å². The molecule has 0 spiro atoms. The van der Waals surface area contributed by atoms with Crippen LogP contribution < -0.4 is 5.32 Å². The quantitative estimate of drug-likeness (QED) is 0.810. The molecular formula is C12H17FN2O. The molecule has 3 nitrogen and oxygen atoms in total. The van der Waals surface area contributed by atoms with Gasteiger partial charge in [-0.15, -0.1) is 0 Å². The summed E-state index contributed by atoms with van der Waals surface area (Å²) in [5, 5.41) is 2.80. The number of carbonyl (C=O) groups excluding carboxylic acids is 1. The summed E-state index contributed by atoms with van der Waals surface area (Å²) in [7, 11) is 3.90. The lowest BCUT2D eigenvalue weighted by atomic mass is 10.1. The zero-order valence-corrected chi connectivity index (χ0v) is 9.66. The summed E-state index contributed by atoms with van der Waals surface area (Å²) in [5.74, 6) is -0.315. The first-order chi connectivity index (χ1) is 7.58. The lowest BCUT2D eigenvalue weighted by molar-refractivity contribution is -0.120. The van der Waals surface area contributed by atoms with Crippen molar-refractivity contribution in [3.63, 3.8) is 0 Å². The Labute approximate surface area is 95.3 Å². The van der Waals surface area contributed by atoms with Crippen molar-refractivity contribution in [3.8, 4) is 0 Å². The van der Waals surface area contributed by atoms with Gasteiger partial charge in [-0.05, 0) is 31.8 Å². The van der Waals surface area contributed by atoms with E-state index in [2.05, 4.69) is 5.32 Å². The van der Waals surface area contributed by atoms with Crippen LogP contribution in [0, 0.1) is 5.82 Å². The Morgan fingerprint density at radius 3 is 2.50 bits per heavy atom. The van der Waals surface area contributed by atoms with Crippen LogP contribution in [0.1, 0.15) is 5.56 Å². The van der Waals surface area contributed by atoms with Gasteiger partial charge in [-0.1, -0.05) is 12.1 Å². The van der Waals surface area contributed by atoms with E-state index in [1.54, 1.807) is 12.1 Å². The third-order valence-electron chi connectivity index (χ3n) is 2.16. The second-order valence-corrected chi connectivity index (χ2v) is 3.96. The summed E-state index contributed by atoms with van der Waals surface area (Å²) in [6.45, 7) is 1.45. The molecular weight excluding hydrogens is 207 g/mol. The molecule has 0 atom stereocenters. The van der Waals surface area contributed by atoms with Crippen LogP contribution >= 0.6 is 0 Å². The maximum Gasteiger partial charge on any atom is 0.224 e. The smallest absolute Gasteiger partial charge is 0.224 e. The van der Waals surface area contributed by atoms with Gasteiger partial charge in [-0.25, -0.2) is 4.39 Å². The van der Waals surface area contributed by atoms with E-state index < -0.39 is 0 Å². The van der Waals surface area contributed by atoms with Gasteiger partial charge in [-0.3, -0.25) is 4.79 Å². The first-order valence-electron chi connectivity index (χ1n) is 5.24. The number of likely N-dealkylation sites (N-methyl/N-ethyl adjacent to an activating group) is 1. The average Bonchev–Trinajstić information content (AvgIpc) is 2.21. The second-order valence-electron chi connectivity index (χ2n) is 3.96. The van der Waals surface area contributed by atoms with Crippen molar-refractivity contribution in [2.24, 2.45) is 0 Å². The van der Waals surface area contributed by atoms with Crippen LogP contribution in [0.3, 0.4) is 0 Å². The summed E-state index contributed by atoms with van der Waals surface area (Å²) >= 11 is 0. The van der Waals surface area contributed by atoms with Crippen LogP contribution in [0.4, 0.5) is 4.39 Å². The van der Waals surface area contributed by atoms with Crippen LogP contribution in [0.25, 0.3) is 0 Å². The highest BCUT2D eigenvalue weighted by Gasteiger charge is 2.02. The predicted octanol–water partition coefficient (Wildman–Crippen LogP) is 1.05. The van der Waals surface area contributed by atoms with Gasteiger partial charge in [0, 0.05) is 13.1 Å². The molecule has 1 N–H and O–H groups in total. The molecule has 4 heteroatoms. The largest absolute Gasteiger partial charge is 0.355 e. The fourth-order valence-electron chi connectivity index (χ4n) is 1.27. The zero-order valence-electron chi connectivity index (χ0n) is 9.66. The maximum absolute atomic E-state index is 12.6. The first-order valence-corrected chi connectivity index (χ1v) is 5.24. The van der Waals surface area contributed by atoms with Gasteiger partial charge >= 0.3 is 0 Å². The SMILES string of the molecule is CN(C)CCNC(=O)Cc1ccc(F)cc1. The third kappa shape index (κ3) is 4.89. The molecule has 16 heavy (non-hydrogen) atoms. The van der Waals surface area contributed by atoms with Gasteiger partial charge in [0.25, 0.3) is 0 Å². The second kappa shape index (κ2) is 6.23. The number of rotatable bonds is 5. The van der Waals surface area contributed by atoms with Crippen LogP contribution in [-0.2, 0) is 11.2 Å². The van der Waals surface area contributed by atoms with Crippen molar-refractivity contribution in [2.45, 2.75) is 6.42 Å². The van der Waals surface area contributed by atoms with E-state index in [0.717, 1.165) is 12.1 Å². The Morgan fingerprint density at radius 2 is 1.94 bits per heavy atom. The number of halogens is 1. The standard InChI is InChI=1S/C12H17FN2O/c1-15(2)8-7-14-12(16)9-10-3-5-11(13)6-4-10/h3-6H,7-9H2,1-2H3,(H,14,16). The number of carbonyl (C=O) groups is 1.